The van der Waals surface area contributed by atoms with Crippen molar-refractivity contribution in [3.05, 3.63) is 35.7 Å². The predicted molar refractivity (Wildman–Crippen MR) is 70.2 cm³/mol. The van der Waals surface area contributed by atoms with Gasteiger partial charge in [0.1, 0.15) is 0 Å². The van der Waals surface area contributed by atoms with Crippen LogP contribution in [-0.2, 0) is 12.8 Å². The van der Waals surface area contributed by atoms with Gasteiger partial charge in [-0.3, -0.25) is 0 Å². The molecule has 1 aliphatic carbocycles. The first-order valence-electron chi connectivity index (χ1n) is 6.18. The summed E-state index contributed by atoms with van der Waals surface area (Å²) in [5, 5.41) is 2.63. The van der Waals surface area contributed by atoms with Crippen molar-refractivity contribution in [3.63, 3.8) is 0 Å². The Bertz CT molecular complexity index is 705. The van der Waals surface area contributed by atoms with Crippen LogP contribution >= 0.6 is 0 Å². The summed E-state index contributed by atoms with van der Waals surface area (Å²) in [6.07, 6.45) is 5.17. The molecule has 0 amide bonds. The van der Waals surface area contributed by atoms with Crippen molar-refractivity contribution >= 4 is 21.8 Å². The van der Waals surface area contributed by atoms with Gasteiger partial charge in [-0.25, -0.2) is 0 Å². The number of H-pyrrole nitrogens is 2. The Kier molecular flexibility index (Phi) is 1.72. The van der Waals surface area contributed by atoms with Crippen molar-refractivity contribution in [2.75, 3.05) is 0 Å². The van der Waals surface area contributed by atoms with E-state index in [2.05, 4.69) is 28.2 Å². The summed E-state index contributed by atoms with van der Waals surface area (Å²) < 4.78 is 0. The maximum absolute atomic E-state index is 6.07. The van der Waals surface area contributed by atoms with E-state index in [1.807, 2.05) is 6.20 Å². The highest BCUT2D eigenvalue weighted by molar-refractivity contribution is 6.06. The lowest BCUT2D eigenvalue weighted by Gasteiger charge is -2.17. The van der Waals surface area contributed by atoms with Crippen LogP contribution in [0.4, 0.5) is 0 Å². The molecule has 4 N–H and O–H groups in total. The van der Waals surface area contributed by atoms with Gasteiger partial charge in [-0.15, -0.1) is 0 Å². The summed E-state index contributed by atoms with van der Waals surface area (Å²) in [6, 6.07) is 6.83. The van der Waals surface area contributed by atoms with Crippen molar-refractivity contribution in [2.45, 2.75) is 25.3 Å². The third-order valence-electron chi connectivity index (χ3n) is 3.93. The van der Waals surface area contributed by atoms with Crippen LogP contribution in [0.2, 0.25) is 0 Å². The molecule has 0 saturated heterocycles. The zero-order valence-electron chi connectivity index (χ0n) is 9.59. The second-order valence-corrected chi connectivity index (χ2v) is 5.01. The lowest BCUT2D eigenvalue weighted by Crippen LogP contribution is -2.27. The predicted octanol–water partition coefficient (Wildman–Crippen LogP) is 2.47. The SMILES string of the molecule is N[C@H]1CCc2[nH]c3c(ccc4[nH]ccc43)c2C1. The normalized spacial score (nSPS) is 19.9. The van der Waals surface area contributed by atoms with E-state index in [4.69, 9.17) is 5.73 Å². The lowest BCUT2D eigenvalue weighted by molar-refractivity contribution is 0.574. The van der Waals surface area contributed by atoms with Gasteiger partial charge >= 0.3 is 0 Å². The molecule has 3 nitrogen and oxygen atoms in total. The zero-order valence-corrected chi connectivity index (χ0v) is 9.59. The Morgan fingerprint density at radius 3 is 3.06 bits per heavy atom. The minimum atomic E-state index is 0.323. The van der Waals surface area contributed by atoms with Crippen molar-refractivity contribution in [1.29, 1.82) is 0 Å². The molecule has 2 heterocycles. The Morgan fingerprint density at radius 2 is 2.12 bits per heavy atom. The fourth-order valence-corrected chi connectivity index (χ4v) is 3.05. The van der Waals surface area contributed by atoms with Crippen molar-refractivity contribution in [1.82, 2.24) is 9.97 Å². The third kappa shape index (κ3) is 1.20. The number of fused-ring (bicyclic) bond motifs is 5. The molecule has 4 rings (SSSR count). The maximum Gasteiger partial charge on any atom is 0.0554 e. The summed E-state index contributed by atoms with van der Waals surface area (Å²) in [7, 11) is 0. The first-order chi connectivity index (χ1) is 8.33. The smallest absolute Gasteiger partial charge is 0.0554 e. The third-order valence-corrected chi connectivity index (χ3v) is 3.93. The summed E-state index contributed by atoms with van der Waals surface area (Å²) in [5.41, 5.74) is 11.4. The molecule has 0 radical (unpaired) electrons. The molecule has 1 atom stereocenters. The molecule has 0 aliphatic heterocycles. The number of nitrogens with one attached hydrogen (secondary N) is 2. The molecule has 0 fully saturated rings. The topological polar surface area (TPSA) is 57.6 Å². The summed E-state index contributed by atoms with van der Waals surface area (Å²) >= 11 is 0. The van der Waals surface area contributed by atoms with E-state index in [-0.39, 0.29) is 0 Å². The second-order valence-electron chi connectivity index (χ2n) is 5.01. The highest BCUT2D eigenvalue weighted by Crippen LogP contribution is 2.32. The highest BCUT2D eigenvalue weighted by Gasteiger charge is 2.20. The van der Waals surface area contributed by atoms with Crippen LogP contribution in [0.5, 0.6) is 0 Å². The van der Waals surface area contributed by atoms with Crippen LogP contribution in [0, 0.1) is 0 Å². The summed E-state index contributed by atoms with van der Waals surface area (Å²) in [6.45, 7) is 0. The molecule has 0 saturated carbocycles. The number of hydrogen-bond acceptors (Lipinski definition) is 1. The van der Waals surface area contributed by atoms with Crippen molar-refractivity contribution < 1.29 is 0 Å². The minimum absolute atomic E-state index is 0.323. The largest absolute Gasteiger partial charge is 0.361 e. The van der Waals surface area contributed by atoms with E-state index < -0.39 is 0 Å². The van der Waals surface area contributed by atoms with Gasteiger partial charge < -0.3 is 15.7 Å². The zero-order chi connectivity index (χ0) is 11.4. The van der Waals surface area contributed by atoms with E-state index in [1.54, 1.807) is 0 Å². The van der Waals surface area contributed by atoms with Crippen molar-refractivity contribution in [3.8, 4) is 0 Å². The monoisotopic (exact) mass is 225 g/mol. The van der Waals surface area contributed by atoms with E-state index in [0.29, 0.717) is 6.04 Å². The fourth-order valence-electron chi connectivity index (χ4n) is 3.05. The molecule has 2 aromatic heterocycles. The van der Waals surface area contributed by atoms with Gasteiger partial charge in [0.25, 0.3) is 0 Å². The summed E-state index contributed by atoms with van der Waals surface area (Å²) in [4.78, 5) is 6.85. The Hall–Kier alpha value is -1.74. The molecule has 86 valence electrons. The standard InChI is InChI=1S/C14H15N3/c15-8-1-3-13-11(7-8)9-2-4-12-10(5-6-16-12)14(9)17-13/h2,4-6,8,16-17H,1,3,7,15H2/t8-/m0/s1. The average molecular weight is 225 g/mol. The van der Waals surface area contributed by atoms with Gasteiger partial charge in [0.05, 0.1) is 5.52 Å². The van der Waals surface area contributed by atoms with E-state index >= 15 is 0 Å². The Balaban J connectivity index is 2.10. The molecular weight excluding hydrogens is 210 g/mol. The van der Waals surface area contributed by atoms with Gasteiger partial charge in [-0.1, -0.05) is 6.07 Å². The van der Waals surface area contributed by atoms with E-state index in [0.717, 1.165) is 19.3 Å². The first kappa shape index (κ1) is 9.31. The van der Waals surface area contributed by atoms with Crippen LogP contribution in [0.3, 0.4) is 0 Å². The molecule has 3 aromatic rings. The number of aromatic nitrogens is 2. The number of aromatic amines is 2. The Labute approximate surface area is 99.0 Å². The first-order valence-corrected chi connectivity index (χ1v) is 6.18. The van der Waals surface area contributed by atoms with Crippen molar-refractivity contribution in [2.24, 2.45) is 5.73 Å². The molecule has 0 spiro atoms. The van der Waals surface area contributed by atoms with Crippen LogP contribution in [0.15, 0.2) is 24.4 Å². The molecule has 17 heavy (non-hydrogen) atoms. The number of hydrogen-bond donors (Lipinski definition) is 3. The number of rotatable bonds is 0. The molecule has 1 aromatic carbocycles. The molecule has 3 heteroatoms. The number of aryl methyl sites for hydroxylation is 1. The van der Waals surface area contributed by atoms with Crippen LogP contribution < -0.4 is 5.73 Å². The van der Waals surface area contributed by atoms with Gasteiger partial charge in [0.15, 0.2) is 0 Å². The minimum Gasteiger partial charge on any atom is -0.361 e. The molecular formula is C14H15N3. The van der Waals surface area contributed by atoms with Gasteiger partial charge in [0, 0.05) is 34.2 Å². The molecule has 0 bridgehead atoms. The van der Waals surface area contributed by atoms with Crippen LogP contribution in [0.25, 0.3) is 21.8 Å². The van der Waals surface area contributed by atoms with Crippen LogP contribution in [0.1, 0.15) is 17.7 Å². The number of nitrogens with two attached hydrogens (primary N) is 1. The Morgan fingerprint density at radius 1 is 1.18 bits per heavy atom. The average Bonchev–Trinajstić information content (AvgIpc) is 2.91. The highest BCUT2D eigenvalue weighted by atomic mass is 14.8. The summed E-state index contributed by atoms with van der Waals surface area (Å²) in [5.74, 6) is 0. The maximum atomic E-state index is 6.07. The molecule has 0 unspecified atom stereocenters. The van der Waals surface area contributed by atoms with Gasteiger partial charge in [-0.2, -0.15) is 0 Å². The number of benzene rings is 1. The quantitative estimate of drug-likeness (QED) is 0.541. The van der Waals surface area contributed by atoms with Crippen LogP contribution in [-0.4, -0.2) is 16.0 Å². The van der Waals surface area contributed by atoms with E-state index in [1.165, 1.54) is 33.1 Å². The second kappa shape index (κ2) is 3.14. The van der Waals surface area contributed by atoms with E-state index in [9.17, 15) is 0 Å². The lowest BCUT2D eigenvalue weighted by atomic mass is 9.92. The fraction of sp³-hybridized carbons (Fsp3) is 0.286. The van der Waals surface area contributed by atoms with Gasteiger partial charge in [0.2, 0.25) is 0 Å². The molecule has 1 aliphatic rings. The van der Waals surface area contributed by atoms with Gasteiger partial charge in [-0.05, 0) is 37.0 Å².